The summed E-state index contributed by atoms with van der Waals surface area (Å²) in [6, 6.07) is 36.4. The molecule has 0 heterocycles. The fourth-order valence-electron chi connectivity index (χ4n) is 13.7. The SMILES string of the molecule is CCCCOC(=O)c1ccc(C=C(C)c2cc3c(cc2C)C(C)(C)CC3(C)C)cc1.CCOC(=O)c1ccc(C=Cc2cc3c(cc2C)C(C)(C)CC3(C)C)cc1.Cc1cc2c(cc1C=Cc1ccc(C(=O)O)cc1)C(C)(C)CC2(C)C. The quantitative estimate of drug-likeness (QED) is 0.0704. The summed E-state index contributed by atoms with van der Waals surface area (Å²) in [6.07, 6.45) is 16.1. The van der Waals surface area contributed by atoms with Crippen molar-refractivity contribution in [1.29, 1.82) is 0 Å². The first kappa shape index (κ1) is 62.5. The van der Waals surface area contributed by atoms with Gasteiger partial charge in [0.1, 0.15) is 0 Å². The first-order valence-electron chi connectivity index (χ1n) is 29.7. The molecule has 0 saturated heterocycles. The summed E-state index contributed by atoms with van der Waals surface area (Å²) >= 11 is 0. The van der Waals surface area contributed by atoms with Crippen molar-refractivity contribution in [3.8, 4) is 0 Å². The summed E-state index contributed by atoms with van der Waals surface area (Å²) in [5.74, 6) is -1.41. The maximum atomic E-state index is 12.1. The summed E-state index contributed by atoms with van der Waals surface area (Å²) < 4.78 is 10.3. The largest absolute Gasteiger partial charge is 0.478 e. The van der Waals surface area contributed by atoms with Crippen LogP contribution >= 0.6 is 0 Å². The normalized spacial score (nSPS) is 17.2. The number of carbonyl (C=O) groups excluding carboxylic acids is 2. The fraction of sp³-hybridized carbons (Fsp3) is 0.408. The van der Waals surface area contributed by atoms with Gasteiger partial charge in [-0.1, -0.05) is 200 Å². The van der Waals surface area contributed by atoms with Crippen LogP contribution in [0.3, 0.4) is 0 Å². The van der Waals surface area contributed by atoms with E-state index in [2.05, 4.69) is 178 Å². The van der Waals surface area contributed by atoms with E-state index in [0.717, 1.165) is 29.5 Å². The lowest BCUT2D eigenvalue weighted by molar-refractivity contribution is 0.0496. The Kier molecular flexibility index (Phi) is 18.6. The van der Waals surface area contributed by atoms with E-state index in [9.17, 15) is 14.4 Å². The van der Waals surface area contributed by atoms with Gasteiger partial charge in [0.05, 0.1) is 29.9 Å². The van der Waals surface area contributed by atoms with Gasteiger partial charge in [-0.3, -0.25) is 0 Å². The van der Waals surface area contributed by atoms with Crippen LogP contribution < -0.4 is 0 Å². The van der Waals surface area contributed by atoms with Gasteiger partial charge in [-0.05, 0) is 218 Å². The number of aryl methyl sites for hydroxylation is 3. The van der Waals surface area contributed by atoms with Gasteiger partial charge in [-0.15, -0.1) is 0 Å². The highest BCUT2D eigenvalue weighted by Crippen LogP contribution is 2.53. The summed E-state index contributed by atoms with van der Waals surface area (Å²) in [4.78, 5) is 34.8. The lowest BCUT2D eigenvalue weighted by Gasteiger charge is -2.22. The Bertz CT molecular complexity index is 3420. The van der Waals surface area contributed by atoms with E-state index < -0.39 is 5.97 Å². The number of esters is 2. The number of aromatic carboxylic acids is 1. The van der Waals surface area contributed by atoms with Crippen molar-refractivity contribution >= 4 is 53.9 Å². The van der Waals surface area contributed by atoms with Gasteiger partial charge in [0.2, 0.25) is 0 Å². The molecule has 0 aliphatic heterocycles. The maximum absolute atomic E-state index is 12.1. The van der Waals surface area contributed by atoms with Crippen LogP contribution in [0.15, 0.2) is 109 Å². The first-order chi connectivity index (χ1) is 38.3. The summed E-state index contributed by atoms with van der Waals surface area (Å²) in [5, 5.41) is 8.98. The molecule has 0 atom stereocenters. The molecule has 6 nitrogen and oxygen atoms in total. The minimum Gasteiger partial charge on any atom is -0.478 e. The van der Waals surface area contributed by atoms with E-state index in [0.29, 0.717) is 29.9 Å². The number of unbranched alkanes of at least 4 members (excludes halogenated alkanes) is 1. The molecule has 6 heteroatoms. The third kappa shape index (κ3) is 14.2. The van der Waals surface area contributed by atoms with Gasteiger partial charge in [0.25, 0.3) is 0 Å². The fourth-order valence-corrected chi connectivity index (χ4v) is 13.7. The zero-order valence-corrected chi connectivity index (χ0v) is 52.7. The highest BCUT2D eigenvalue weighted by Gasteiger charge is 2.44. The van der Waals surface area contributed by atoms with E-state index >= 15 is 0 Å². The van der Waals surface area contributed by atoms with Crippen LogP contribution in [0, 0.1) is 20.8 Å². The van der Waals surface area contributed by atoms with E-state index in [1.165, 1.54) is 91.6 Å². The van der Waals surface area contributed by atoms with E-state index in [1.807, 2.05) is 73.7 Å². The van der Waals surface area contributed by atoms with Crippen LogP contribution in [0.25, 0.3) is 36.0 Å². The zero-order valence-electron chi connectivity index (χ0n) is 52.7. The summed E-state index contributed by atoms with van der Waals surface area (Å²) in [5.41, 5.74) is 23.7. The number of hydrogen-bond donors (Lipinski definition) is 1. The highest BCUT2D eigenvalue weighted by molar-refractivity contribution is 5.91. The Hall–Kier alpha value is -7.05. The molecule has 432 valence electrons. The summed E-state index contributed by atoms with van der Waals surface area (Å²) in [6.45, 7) is 41.7. The molecular weight excluding hydrogens is 1010 g/mol. The molecule has 6 aromatic rings. The molecule has 3 aliphatic carbocycles. The molecule has 0 saturated carbocycles. The second kappa shape index (κ2) is 24.4. The molecule has 6 aromatic carbocycles. The number of carboxylic acids is 1. The monoisotopic (exact) mass is 1100 g/mol. The molecule has 0 fully saturated rings. The third-order valence-electron chi connectivity index (χ3n) is 17.4. The van der Waals surface area contributed by atoms with E-state index in [4.69, 9.17) is 14.6 Å². The van der Waals surface area contributed by atoms with Gasteiger partial charge < -0.3 is 14.6 Å². The van der Waals surface area contributed by atoms with Crippen LogP contribution in [0.4, 0.5) is 0 Å². The van der Waals surface area contributed by atoms with Gasteiger partial charge in [0, 0.05) is 0 Å². The Balaban J connectivity index is 0.000000178. The maximum Gasteiger partial charge on any atom is 0.338 e. The second-order valence-electron chi connectivity index (χ2n) is 27.4. The van der Waals surface area contributed by atoms with Crippen LogP contribution in [0.1, 0.15) is 250 Å². The average molecular weight is 1100 g/mol. The molecule has 0 bridgehead atoms. The molecule has 0 amide bonds. The van der Waals surface area contributed by atoms with Crippen LogP contribution in [0.5, 0.6) is 0 Å². The Morgan fingerprint density at radius 3 is 1.17 bits per heavy atom. The minimum atomic E-state index is -0.894. The first-order valence-corrected chi connectivity index (χ1v) is 29.7. The molecule has 0 spiro atoms. The van der Waals surface area contributed by atoms with E-state index in [-0.39, 0.29) is 44.4 Å². The van der Waals surface area contributed by atoms with Crippen molar-refractivity contribution in [2.24, 2.45) is 0 Å². The highest BCUT2D eigenvalue weighted by atomic mass is 16.5. The Morgan fingerprint density at radius 1 is 0.451 bits per heavy atom. The number of fused-ring (bicyclic) bond motifs is 3. The summed E-state index contributed by atoms with van der Waals surface area (Å²) in [7, 11) is 0. The van der Waals surface area contributed by atoms with Crippen molar-refractivity contribution in [3.05, 3.63) is 209 Å². The van der Waals surface area contributed by atoms with Crippen molar-refractivity contribution in [2.75, 3.05) is 13.2 Å². The predicted molar refractivity (Wildman–Crippen MR) is 344 cm³/mol. The van der Waals surface area contributed by atoms with E-state index in [1.54, 1.807) is 12.1 Å². The molecule has 82 heavy (non-hydrogen) atoms. The molecule has 9 rings (SSSR count). The van der Waals surface area contributed by atoms with Gasteiger partial charge in [0.15, 0.2) is 0 Å². The van der Waals surface area contributed by atoms with Gasteiger partial charge >= 0.3 is 17.9 Å². The number of hydrogen-bond acceptors (Lipinski definition) is 5. The molecule has 0 unspecified atom stereocenters. The minimum absolute atomic E-state index is 0.193. The molecule has 3 aliphatic rings. The number of allylic oxidation sites excluding steroid dienone is 1. The van der Waals surface area contributed by atoms with Gasteiger partial charge in [-0.2, -0.15) is 0 Å². The van der Waals surface area contributed by atoms with Crippen LogP contribution in [-0.4, -0.2) is 36.2 Å². The van der Waals surface area contributed by atoms with Crippen molar-refractivity contribution < 1.29 is 29.0 Å². The number of ether oxygens (including phenoxy) is 2. The zero-order chi connectivity index (χ0) is 60.3. The molecule has 0 aromatic heterocycles. The van der Waals surface area contributed by atoms with Gasteiger partial charge in [-0.25, -0.2) is 14.4 Å². The molecule has 0 radical (unpaired) electrons. The lowest BCUT2D eigenvalue weighted by Crippen LogP contribution is -2.18. The smallest absolute Gasteiger partial charge is 0.338 e. The number of carbonyl (C=O) groups is 3. The predicted octanol–water partition coefficient (Wildman–Crippen LogP) is 19.6. The second-order valence-corrected chi connectivity index (χ2v) is 27.4. The lowest BCUT2D eigenvalue weighted by atomic mass is 9.82. The number of carboxylic acid groups (broad SMARTS) is 1. The Morgan fingerprint density at radius 2 is 0.793 bits per heavy atom. The van der Waals surface area contributed by atoms with Crippen molar-refractivity contribution in [1.82, 2.24) is 0 Å². The Labute approximate surface area is 492 Å². The third-order valence-corrected chi connectivity index (χ3v) is 17.4. The molecular formula is C76H92O6. The number of benzene rings is 6. The van der Waals surface area contributed by atoms with Crippen LogP contribution in [0.2, 0.25) is 0 Å². The number of rotatable bonds is 13. The average Bonchev–Trinajstić information content (AvgIpc) is 3.89. The van der Waals surface area contributed by atoms with Crippen LogP contribution in [-0.2, 0) is 42.0 Å². The standard InChI is InChI=1S/C28H36O2.C25H30O2.C23H26O2/c1-8-9-14-30-26(29)22-12-10-21(11-13-22)15-19(2)23-17-25-24(16-20(23)3)27(4,5)18-28(25,6)7;1-7-27-23(26)19-11-8-18(9-12-19)10-13-20-15-22-21(14-17(20)2)24(3,4)16-25(22,5)6;1-15-12-19-20(23(4,5)14-22(19,2)3)13-18(15)11-8-16-6-9-17(10-7-16)21(24)25/h10-13,15-17H,8-9,14,18H2,1-7H3;8-15H,7,16H2,1-6H3;6-13H,14H2,1-5H3,(H,24,25). The van der Waals surface area contributed by atoms with Crippen molar-refractivity contribution in [2.45, 2.75) is 189 Å². The molecule has 1 N–H and O–H groups in total. The van der Waals surface area contributed by atoms with Crippen molar-refractivity contribution in [3.63, 3.8) is 0 Å². The topological polar surface area (TPSA) is 89.9 Å².